The molecule has 144 valence electrons. The van der Waals surface area contributed by atoms with E-state index in [0.29, 0.717) is 24.8 Å². The topological polar surface area (TPSA) is 64.2 Å². The molecule has 2 heterocycles. The van der Waals surface area contributed by atoms with Crippen molar-refractivity contribution in [2.24, 2.45) is 18.2 Å². The molecule has 2 fully saturated rings. The number of carbonyl (C=O) groups is 1. The number of hydrogen-bond acceptors (Lipinski definition) is 3. The summed E-state index contributed by atoms with van der Waals surface area (Å²) in [6.45, 7) is 2.40. The summed E-state index contributed by atoms with van der Waals surface area (Å²) in [4.78, 5) is 14.8. The van der Waals surface area contributed by atoms with Crippen LogP contribution in [0.4, 0.5) is 0 Å². The number of aryl methyl sites for hydroxylation is 1. The minimum absolute atomic E-state index is 0. The molecule has 1 saturated carbocycles. The number of carbonyl (C=O) groups excluding carboxylic acids is 1. The number of piperidine rings is 1. The smallest absolute Gasteiger partial charge is 0.223 e. The van der Waals surface area contributed by atoms with Crippen molar-refractivity contribution in [3.05, 3.63) is 18.0 Å². The molecule has 0 aromatic carbocycles. The largest absolute Gasteiger partial charge is 0.343 e. The first-order valence-electron chi connectivity index (χ1n) is 9.09. The van der Waals surface area contributed by atoms with Gasteiger partial charge in [0.2, 0.25) is 5.91 Å². The third-order valence-corrected chi connectivity index (χ3v) is 6.00. The molecule has 2 N–H and O–H groups in total. The van der Waals surface area contributed by atoms with Gasteiger partial charge in [-0.15, -0.1) is 24.8 Å². The van der Waals surface area contributed by atoms with Gasteiger partial charge < -0.3 is 10.6 Å². The maximum Gasteiger partial charge on any atom is 0.223 e. The summed E-state index contributed by atoms with van der Waals surface area (Å²) < 4.78 is 1.97. The van der Waals surface area contributed by atoms with E-state index in [0.717, 1.165) is 38.8 Å². The Balaban J connectivity index is 0.00000156. The lowest BCUT2D eigenvalue weighted by Gasteiger charge is -2.39. The maximum atomic E-state index is 12.7. The highest BCUT2D eigenvalue weighted by atomic mass is 35.5. The molecule has 25 heavy (non-hydrogen) atoms. The van der Waals surface area contributed by atoms with E-state index >= 15 is 0 Å². The van der Waals surface area contributed by atoms with Gasteiger partial charge in [-0.25, -0.2) is 0 Å². The van der Waals surface area contributed by atoms with Crippen LogP contribution in [0.15, 0.2) is 12.3 Å². The number of amides is 1. The lowest BCUT2D eigenvalue weighted by molar-refractivity contribution is -0.135. The van der Waals surface area contributed by atoms with Crippen LogP contribution < -0.4 is 5.73 Å². The van der Waals surface area contributed by atoms with Gasteiger partial charge in [-0.2, -0.15) is 5.10 Å². The zero-order chi connectivity index (χ0) is 16.3. The molecule has 1 amide bonds. The van der Waals surface area contributed by atoms with E-state index in [4.69, 9.17) is 5.73 Å². The van der Waals surface area contributed by atoms with Crippen molar-refractivity contribution in [2.75, 3.05) is 19.6 Å². The van der Waals surface area contributed by atoms with Crippen LogP contribution in [-0.4, -0.2) is 40.2 Å². The number of nitrogens with two attached hydrogens (primary N) is 1. The van der Waals surface area contributed by atoms with Gasteiger partial charge in [0.25, 0.3) is 0 Å². The quantitative estimate of drug-likeness (QED) is 0.857. The molecule has 0 spiro atoms. The molecule has 0 atom stereocenters. The molecule has 0 unspecified atom stereocenters. The zero-order valence-electron chi connectivity index (χ0n) is 15.2. The fourth-order valence-corrected chi connectivity index (χ4v) is 4.40. The van der Waals surface area contributed by atoms with Crippen LogP contribution in [0.2, 0.25) is 0 Å². The molecule has 1 aliphatic carbocycles. The average molecular weight is 391 g/mol. The monoisotopic (exact) mass is 390 g/mol. The minimum Gasteiger partial charge on any atom is -0.343 e. The van der Waals surface area contributed by atoms with E-state index in [9.17, 15) is 4.79 Å². The van der Waals surface area contributed by atoms with Crippen LogP contribution in [0.1, 0.15) is 63.0 Å². The second-order valence-corrected chi connectivity index (χ2v) is 7.48. The lowest BCUT2D eigenvalue weighted by Crippen LogP contribution is -2.43. The predicted molar refractivity (Wildman–Crippen MR) is 105 cm³/mol. The van der Waals surface area contributed by atoms with E-state index in [1.807, 2.05) is 17.9 Å². The highest BCUT2D eigenvalue weighted by molar-refractivity contribution is 5.85. The Morgan fingerprint density at radius 2 is 1.88 bits per heavy atom. The summed E-state index contributed by atoms with van der Waals surface area (Å²) in [5.41, 5.74) is 7.41. The van der Waals surface area contributed by atoms with Gasteiger partial charge in [0.05, 0.1) is 0 Å². The Bertz CT molecular complexity index is 535. The van der Waals surface area contributed by atoms with Crippen LogP contribution in [0, 0.1) is 5.41 Å². The van der Waals surface area contributed by atoms with E-state index in [-0.39, 0.29) is 30.2 Å². The molecule has 0 bridgehead atoms. The number of nitrogens with zero attached hydrogens (tertiary/aromatic N) is 3. The van der Waals surface area contributed by atoms with Crippen LogP contribution in [-0.2, 0) is 11.8 Å². The van der Waals surface area contributed by atoms with Gasteiger partial charge >= 0.3 is 0 Å². The van der Waals surface area contributed by atoms with E-state index < -0.39 is 0 Å². The molecular formula is C18H32Cl2N4O. The Morgan fingerprint density at radius 1 is 1.24 bits per heavy atom. The fraction of sp³-hybridized carbons (Fsp3) is 0.778. The standard InChI is InChI=1S/C18H30N4O.2ClH/c1-21-16(5-10-20-21)15-6-11-22(12-7-15)17(23)13-18(14-19)8-3-2-4-9-18;;/h5,10,15H,2-4,6-9,11-14,19H2,1H3;2*1H. The van der Waals surface area contributed by atoms with Gasteiger partial charge in [0, 0.05) is 44.4 Å². The summed E-state index contributed by atoms with van der Waals surface area (Å²) in [6.07, 6.45) is 10.6. The van der Waals surface area contributed by atoms with Crippen molar-refractivity contribution < 1.29 is 4.79 Å². The Morgan fingerprint density at radius 3 is 2.40 bits per heavy atom. The molecule has 1 aromatic heterocycles. The highest BCUT2D eigenvalue weighted by Gasteiger charge is 2.35. The summed E-state index contributed by atoms with van der Waals surface area (Å²) in [5.74, 6) is 0.852. The summed E-state index contributed by atoms with van der Waals surface area (Å²) in [5, 5.41) is 4.27. The third kappa shape index (κ3) is 5.11. The normalized spacial score (nSPS) is 20.5. The summed E-state index contributed by atoms with van der Waals surface area (Å²) in [6, 6.07) is 2.10. The minimum atomic E-state index is 0. The fourth-order valence-electron chi connectivity index (χ4n) is 4.40. The van der Waals surface area contributed by atoms with Crippen molar-refractivity contribution in [1.82, 2.24) is 14.7 Å². The van der Waals surface area contributed by atoms with Crippen LogP contribution in [0.3, 0.4) is 0 Å². The number of rotatable bonds is 4. The molecule has 1 aromatic rings. The van der Waals surface area contributed by atoms with Crippen molar-refractivity contribution in [3.8, 4) is 0 Å². The number of hydrogen-bond donors (Lipinski definition) is 1. The SMILES string of the molecule is Cl.Cl.Cn1nccc1C1CCN(C(=O)CC2(CN)CCCCC2)CC1. The van der Waals surface area contributed by atoms with Gasteiger partial charge in [-0.3, -0.25) is 9.48 Å². The highest BCUT2D eigenvalue weighted by Crippen LogP contribution is 2.39. The number of aromatic nitrogens is 2. The van der Waals surface area contributed by atoms with E-state index in [1.165, 1.54) is 25.0 Å². The molecule has 1 aliphatic heterocycles. The number of likely N-dealkylation sites (tertiary alicyclic amines) is 1. The van der Waals surface area contributed by atoms with Crippen molar-refractivity contribution in [1.29, 1.82) is 0 Å². The van der Waals surface area contributed by atoms with Crippen LogP contribution >= 0.6 is 24.8 Å². The second kappa shape index (κ2) is 9.79. The zero-order valence-corrected chi connectivity index (χ0v) is 16.8. The van der Waals surface area contributed by atoms with Gasteiger partial charge in [0.1, 0.15) is 0 Å². The molecule has 2 aliphatic rings. The number of halogens is 2. The van der Waals surface area contributed by atoms with Gasteiger partial charge in [0.15, 0.2) is 0 Å². The van der Waals surface area contributed by atoms with E-state index in [1.54, 1.807) is 0 Å². The van der Waals surface area contributed by atoms with Crippen molar-refractivity contribution in [2.45, 2.75) is 57.3 Å². The Labute approximate surface area is 163 Å². The Hall–Kier alpha value is -0.780. The summed E-state index contributed by atoms with van der Waals surface area (Å²) in [7, 11) is 2.00. The predicted octanol–water partition coefficient (Wildman–Crippen LogP) is 3.27. The Kier molecular flexibility index (Phi) is 8.72. The average Bonchev–Trinajstić information content (AvgIpc) is 3.02. The third-order valence-electron chi connectivity index (χ3n) is 6.00. The molecule has 0 radical (unpaired) electrons. The second-order valence-electron chi connectivity index (χ2n) is 7.48. The van der Waals surface area contributed by atoms with Crippen LogP contribution in [0.25, 0.3) is 0 Å². The first kappa shape index (κ1) is 22.3. The van der Waals surface area contributed by atoms with E-state index in [2.05, 4.69) is 16.1 Å². The first-order valence-corrected chi connectivity index (χ1v) is 9.09. The van der Waals surface area contributed by atoms with Gasteiger partial charge in [-0.1, -0.05) is 19.3 Å². The molecule has 3 rings (SSSR count). The first-order chi connectivity index (χ1) is 11.1. The van der Waals surface area contributed by atoms with Crippen molar-refractivity contribution >= 4 is 30.7 Å². The molecule has 1 saturated heterocycles. The molecular weight excluding hydrogens is 359 g/mol. The lowest BCUT2D eigenvalue weighted by atomic mass is 9.71. The van der Waals surface area contributed by atoms with Gasteiger partial charge in [-0.05, 0) is 43.7 Å². The molecule has 7 heteroatoms. The van der Waals surface area contributed by atoms with Crippen LogP contribution in [0.5, 0.6) is 0 Å². The maximum absolute atomic E-state index is 12.7. The van der Waals surface area contributed by atoms with Crippen molar-refractivity contribution in [3.63, 3.8) is 0 Å². The summed E-state index contributed by atoms with van der Waals surface area (Å²) >= 11 is 0. The molecule has 5 nitrogen and oxygen atoms in total.